The molecule has 8 heteroatoms. The van der Waals surface area contributed by atoms with E-state index in [1.165, 1.54) is 0 Å². The minimum atomic E-state index is -0.733. The van der Waals surface area contributed by atoms with Crippen molar-refractivity contribution in [1.29, 1.82) is 0 Å². The highest BCUT2D eigenvalue weighted by Gasteiger charge is 2.49. The second kappa shape index (κ2) is 11.2. The van der Waals surface area contributed by atoms with Crippen LogP contribution in [0.5, 0.6) is 0 Å². The number of carbonyl (C=O) groups excluding carboxylic acids is 3. The number of aromatic amines is 1. The molecule has 0 aliphatic carbocycles. The number of nitrogens with one attached hydrogen (secondary N) is 3. The Bertz CT molecular complexity index is 1380. The predicted molar refractivity (Wildman–Crippen MR) is 150 cm³/mol. The third kappa shape index (κ3) is 5.30. The van der Waals surface area contributed by atoms with Crippen LogP contribution in [0, 0.1) is 5.92 Å². The molecule has 3 aromatic rings. The van der Waals surface area contributed by atoms with E-state index in [4.69, 9.17) is 4.74 Å². The highest BCUT2D eigenvalue weighted by atomic mass is 16.5. The Labute approximate surface area is 229 Å². The van der Waals surface area contributed by atoms with Crippen molar-refractivity contribution in [2.75, 3.05) is 13.2 Å². The molecule has 3 N–H and O–H groups in total. The van der Waals surface area contributed by atoms with Crippen molar-refractivity contribution < 1.29 is 19.1 Å². The smallest absolute Gasteiger partial charge is 0.255 e. The van der Waals surface area contributed by atoms with Crippen LogP contribution in [-0.2, 0) is 20.7 Å². The number of hydrogen-bond acceptors (Lipinski definition) is 4. The second-order valence-electron chi connectivity index (χ2n) is 11.2. The first-order valence-corrected chi connectivity index (χ1v) is 14.0. The first kappa shape index (κ1) is 26.9. The van der Waals surface area contributed by atoms with Crippen LogP contribution in [0.25, 0.3) is 10.9 Å². The maximum absolute atomic E-state index is 13.9. The molecule has 2 aromatic carbocycles. The molecule has 0 radical (unpaired) electrons. The number of para-hydroxylation sites is 1. The summed E-state index contributed by atoms with van der Waals surface area (Å²) in [5.41, 5.74) is 4.50. The van der Waals surface area contributed by atoms with Crippen molar-refractivity contribution in [2.24, 2.45) is 5.92 Å². The molecule has 0 fully saturated rings. The number of amides is 3. The van der Waals surface area contributed by atoms with Crippen LogP contribution in [0.1, 0.15) is 73.8 Å². The zero-order valence-corrected chi connectivity index (χ0v) is 23.1. The number of hydrogen-bond donors (Lipinski definition) is 3. The van der Waals surface area contributed by atoms with Gasteiger partial charge < -0.3 is 25.3 Å². The summed E-state index contributed by atoms with van der Waals surface area (Å²) in [6.07, 6.45) is 1.72. The number of aromatic nitrogens is 1. The van der Waals surface area contributed by atoms with Gasteiger partial charge in [-0.25, -0.2) is 0 Å². The molecule has 3 heterocycles. The van der Waals surface area contributed by atoms with E-state index in [2.05, 4.69) is 21.7 Å². The molecule has 1 aromatic heterocycles. The van der Waals surface area contributed by atoms with Gasteiger partial charge in [0.05, 0.1) is 12.1 Å². The van der Waals surface area contributed by atoms with E-state index in [0.717, 1.165) is 27.7 Å². The highest BCUT2D eigenvalue weighted by Crippen LogP contribution is 2.46. The monoisotopic (exact) mass is 530 g/mol. The number of nitrogens with zero attached hydrogens (tertiary/aromatic N) is 1. The van der Waals surface area contributed by atoms with Crippen molar-refractivity contribution in [3.05, 3.63) is 70.9 Å². The Morgan fingerprint density at radius 2 is 1.82 bits per heavy atom. The first-order valence-electron chi connectivity index (χ1n) is 14.0. The number of carbonyl (C=O) groups is 3. The molecule has 8 nitrogen and oxygen atoms in total. The topological polar surface area (TPSA) is 104 Å². The fourth-order valence-corrected chi connectivity index (χ4v) is 5.83. The molecular formula is C31H38N4O4. The molecule has 0 unspecified atom stereocenters. The Morgan fingerprint density at radius 3 is 2.59 bits per heavy atom. The van der Waals surface area contributed by atoms with Crippen LogP contribution in [0.3, 0.4) is 0 Å². The van der Waals surface area contributed by atoms with Gasteiger partial charge in [0.1, 0.15) is 12.1 Å². The highest BCUT2D eigenvalue weighted by molar-refractivity contribution is 6.04. The maximum atomic E-state index is 13.9. The van der Waals surface area contributed by atoms with Crippen LogP contribution in [0.4, 0.5) is 0 Å². The molecule has 39 heavy (non-hydrogen) atoms. The lowest BCUT2D eigenvalue weighted by Crippen LogP contribution is -2.56. The first-order chi connectivity index (χ1) is 18.8. The van der Waals surface area contributed by atoms with E-state index in [9.17, 15) is 14.4 Å². The van der Waals surface area contributed by atoms with Crippen molar-refractivity contribution in [3.8, 4) is 0 Å². The van der Waals surface area contributed by atoms with Gasteiger partial charge in [-0.3, -0.25) is 14.4 Å². The van der Waals surface area contributed by atoms with Gasteiger partial charge >= 0.3 is 0 Å². The van der Waals surface area contributed by atoms with E-state index in [1.54, 1.807) is 4.90 Å². The minimum Gasteiger partial charge on any atom is -0.379 e. The number of ether oxygens (including phenoxy) is 1. The lowest BCUT2D eigenvalue weighted by molar-refractivity contribution is -0.132. The Morgan fingerprint density at radius 1 is 1.08 bits per heavy atom. The van der Waals surface area contributed by atoms with Gasteiger partial charge in [0.25, 0.3) is 5.91 Å². The summed E-state index contributed by atoms with van der Waals surface area (Å²) in [5.74, 6) is -0.476. The van der Waals surface area contributed by atoms with Gasteiger partial charge in [-0.15, -0.1) is 0 Å². The number of fused-ring (bicyclic) bond motifs is 7. The quantitative estimate of drug-likeness (QED) is 0.344. The number of H-pyrrole nitrogens is 1. The Kier molecular flexibility index (Phi) is 7.75. The van der Waals surface area contributed by atoms with Gasteiger partial charge in [0.15, 0.2) is 0 Å². The zero-order chi connectivity index (χ0) is 27.7. The maximum Gasteiger partial charge on any atom is 0.255 e. The van der Waals surface area contributed by atoms with Crippen LogP contribution < -0.4 is 10.6 Å². The summed E-state index contributed by atoms with van der Waals surface area (Å²) in [4.78, 5) is 46.0. The Balaban J connectivity index is 1.41. The summed E-state index contributed by atoms with van der Waals surface area (Å²) < 4.78 is 5.56. The van der Waals surface area contributed by atoms with E-state index in [1.807, 2.05) is 70.2 Å². The van der Waals surface area contributed by atoms with E-state index in [-0.39, 0.29) is 35.8 Å². The van der Waals surface area contributed by atoms with Crippen molar-refractivity contribution in [2.45, 2.75) is 71.2 Å². The molecule has 0 bridgehead atoms. The Hall–Kier alpha value is -3.65. The minimum absolute atomic E-state index is 0.144. The number of benzene rings is 2. The third-order valence-corrected chi connectivity index (χ3v) is 7.57. The molecule has 3 atom stereocenters. The average molecular weight is 531 g/mol. The van der Waals surface area contributed by atoms with Crippen LogP contribution in [-0.4, -0.2) is 58.9 Å². The largest absolute Gasteiger partial charge is 0.379 e. The normalized spacial score (nSPS) is 18.7. The fourth-order valence-electron chi connectivity index (χ4n) is 5.83. The summed E-state index contributed by atoms with van der Waals surface area (Å²) in [5, 5.41) is 7.03. The molecule has 0 saturated heterocycles. The van der Waals surface area contributed by atoms with Gasteiger partial charge in [0, 0.05) is 41.7 Å². The molecule has 2 aliphatic heterocycles. The van der Waals surface area contributed by atoms with Crippen molar-refractivity contribution in [1.82, 2.24) is 20.5 Å². The van der Waals surface area contributed by atoms with Crippen molar-refractivity contribution in [3.63, 3.8) is 0 Å². The van der Waals surface area contributed by atoms with Gasteiger partial charge in [-0.2, -0.15) is 0 Å². The van der Waals surface area contributed by atoms with Gasteiger partial charge in [0.2, 0.25) is 11.8 Å². The summed E-state index contributed by atoms with van der Waals surface area (Å²) in [6, 6.07) is 13.8. The molecule has 0 spiro atoms. The van der Waals surface area contributed by atoms with Gasteiger partial charge in [-0.05, 0) is 55.9 Å². The standard InChI is InChI=1S/C31H38N4O4/c1-18(2)16-25(29(36)32-14-9-15-39-19(3)4)34-30(37)26-17-23-20-10-7-8-13-24(20)33-27(23)28-21-11-5-6-12-22(21)31(38)35(26)28/h5-8,10-13,18-19,25-26,28,33H,9,14-17H2,1-4H3,(H,32,36)(H,34,37)/t25-,26-,28-/m0/s1. The molecule has 0 saturated carbocycles. The molecule has 2 aliphatic rings. The van der Waals surface area contributed by atoms with Gasteiger partial charge in [-0.1, -0.05) is 50.2 Å². The van der Waals surface area contributed by atoms with Crippen molar-refractivity contribution >= 4 is 28.6 Å². The molecule has 3 amide bonds. The van der Waals surface area contributed by atoms with E-state index < -0.39 is 12.1 Å². The molecule has 206 valence electrons. The van der Waals surface area contributed by atoms with Crippen LogP contribution in [0.15, 0.2) is 48.5 Å². The van der Waals surface area contributed by atoms with E-state index in [0.29, 0.717) is 38.0 Å². The van der Waals surface area contributed by atoms with Crippen LogP contribution in [0.2, 0.25) is 0 Å². The molecular weight excluding hydrogens is 492 g/mol. The van der Waals surface area contributed by atoms with Crippen LogP contribution >= 0.6 is 0 Å². The SMILES string of the molecule is CC(C)C[C@H](NC(=O)[C@@H]1Cc2c([nH]c3ccccc23)[C@@H]2c3ccccc3C(=O)N21)C(=O)NCCCOC(C)C. The second-order valence-corrected chi connectivity index (χ2v) is 11.2. The third-order valence-electron chi connectivity index (χ3n) is 7.57. The van der Waals surface area contributed by atoms with E-state index >= 15 is 0 Å². The average Bonchev–Trinajstić information content (AvgIpc) is 3.42. The molecule has 5 rings (SSSR count). The lowest BCUT2D eigenvalue weighted by atomic mass is 9.89. The number of rotatable bonds is 10. The zero-order valence-electron chi connectivity index (χ0n) is 23.1. The lowest BCUT2D eigenvalue weighted by Gasteiger charge is -2.37. The summed E-state index contributed by atoms with van der Waals surface area (Å²) in [6.45, 7) is 9.04. The predicted octanol–water partition coefficient (Wildman–Crippen LogP) is 4.10. The fraction of sp³-hybridized carbons (Fsp3) is 0.452. The summed E-state index contributed by atoms with van der Waals surface area (Å²) in [7, 11) is 0. The summed E-state index contributed by atoms with van der Waals surface area (Å²) >= 11 is 0.